The number of methoxy groups -OCH3 is 3. The number of hydrogen-bond acceptors (Lipinski definition) is 6. The summed E-state index contributed by atoms with van der Waals surface area (Å²) < 4.78 is 21.6. The van der Waals surface area contributed by atoms with Gasteiger partial charge in [0, 0.05) is 19.6 Å². The first-order chi connectivity index (χ1) is 12.0. The van der Waals surface area contributed by atoms with Crippen molar-refractivity contribution < 1.29 is 28.5 Å². The van der Waals surface area contributed by atoms with E-state index < -0.39 is 0 Å². The average molecular weight is 350 g/mol. The van der Waals surface area contributed by atoms with Crippen LogP contribution in [0, 0.1) is 0 Å². The molecule has 0 bridgehead atoms. The molecule has 1 aliphatic heterocycles. The highest BCUT2D eigenvalue weighted by Gasteiger charge is 2.25. The van der Waals surface area contributed by atoms with Gasteiger partial charge in [0.25, 0.3) is 0 Å². The molecular weight excluding hydrogens is 324 g/mol. The summed E-state index contributed by atoms with van der Waals surface area (Å²) in [5.41, 5.74) is 0.948. The Kier molecular flexibility index (Phi) is 6.82. The van der Waals surface area contributed by atoms with Crippen molar-refractivity contribution in [1.29, 1.82) is 0 Å². The quantitative estimate of drug-likeness (QED) is 0.781. The number of cyclic esters (lactones) is 1. The first kappa shape index (κ1) is 19.2. The molecule has 0 fully saturated rings. The molecular formula is C19H26O6. The van der Waals surface area contributed by atoms with E-state index in [2.05, 4.69) is 0 Å². The lowest BCUT2D eigenvalue weighted by molar-refractivity contribution is -0.147. The van der Waals surface area contributed by atoms with Crippen LogP contribution in [-0.2, 0) is 20.7 Å². The monoisotopic (exact) mass is 350 g/mol. The van der Waals surface area contributed by atoms with Crippen molar-refractivity contribution in [2.45, 2.75) is 51.2 Å². The number of Topliss-reactive ketones (excluding diaryl/α,β-unsaturated/α-hetero) is 1. The SMILES string of the molecule is COc1cc2c(c(OC)c1)C(=O)C[C@H](OC)CCC[C@H](C)OC(=O)C2. The third-order valence-electron chi connectivity index (χ3n) is 4.44. The smallest absolute Gasteiger partial charge is 0.310 e. The third kappa shape index (κ3) is 4.95. The van der Waals surface area contributed by atoms with E-state index in [1.54, 1.807) is 19.2 Å². The van der Waals surface area contributed by atoms with E-state index in [4.69, 9.17) is 18.9 Å². The summed E-state index contributed by atoms with van der Waals surface area (Å²) in [4.78, 5) is 25.1. The molecule has 2 atom stereocenters. The largest absolute Gasteiger partial charge is 0.497 e. The van der Waals surface area contributed by atoms with Crippen LogP contribution in [0.1, 0.15) is 48.5 Å². The third-order valence-corrected chi connectivity index (χ3v) is 4.44. The molecule has 6 nitrogen and oxygen atoms in total. The van der Waals surface area contributed by atoms with Crippen LogP contribution in [0.2, 0.25) is 0 Å². The summed E-state index contributed by atoms with van der Waals surface area (Å²) in [5.74, 6) is 0.454. The molecule has 6 heteroatoms. The Morgan fingerprint density at radius 1 is 1.08 bits per heavy atom. The molecule has 0 amide bonds. The minimum absolute atomic E-state index is 0.00335. The molecule has 138 valence electrons. The van der Waals surface area contributed by atoms with E-state index in [0.29, 0.717) is 22.6 Å². The minimum atomic E-state index is -0.360. The fourth-order valence-electron chi connectivity index (χ4n) is 3.11. The van der Waals surface area contributed by atoms with Gasteiger partial charge >= 0.3 is 5.97 Å². The van der Waals surface area contributed by atoms with Crippen LogP contribution in [0.4, 0.5) is 0 Å². The number of carbonyl (C=O) groups excluding carboxylic acids is 2. The van der Waals surface area contributed by atoms with Gasteiger partial charge < -0.3 is 18.9 Å². The molecule has 0 saturated carbocycles. The predicted molar refractivity (Wildman–Crippen MR) is 92.4 cm³/mol. The molecule has 0 aromatic heterocycles. The summed E-state index contributed by atoms with van der Waals surface area (Å²) in [5, 5.41) is 0. The van der Waals surface area contributed by atoms with Gasteiger partial charge in [0.1, 0.15) is 11.5 Å². The lowest BCUT2D eigenvalue weighted by Gasteiger charge is -2.21. The van der Waals surface area contributed by atoms with Crippen molar-refractivity contribution in [3.05, 3.63) is 23.3 Å². The van der Waals surface area contributed by atoms with Crippen molar-refractivity contribution in [2.75, 3.05) is 21.3 Å². The van der Waals surface area contributed by atoms with Gasteiger partial charge in [-0.05, 0) is 37.8 Å². The average Bonchev–Trinajstić information content (AvgIpc) is 2.58. The Morgan fingerprint density at radius 3 is 2.48 bits per heavy atom. The molecule has 25 heavy (non-hydrogen) atoms. The van der Waals surface area contributed by atoms with E-state index in [0.717, 1.165) is 19.3 Å². The molecule has 0 aliphatic carbocycles. The maximum Gasteiger partial charge on any atom is 0.310 e. The second-order valence-corrected chi connectivity index (χ2v) is 6.26. The van der Waals surface area contributed by atoms with E-state index >= 15 is 0 Å². The van der Waals surface area contributed by atoms with Crippen LogP contribution in [0.25, 0.3) is 0 Å². The van der Waals surface area contributed by atoms with Crippen molar-refractivity contribution >= 4 is 11.8 Å². The molecule has 0 N–H and O–H groups in total. The number of benzene rings is 1. The van der Waals surface area contributed by atoms with Crippen LogP contribution in [0.3, 0.4) is 0 Å². The Morgan fingerprint density at radius 2 is 1.84 bits per heavy atom. The number of rotatable bonds is 3. The van der Waals surface area contributed by atoms with Gasteiger partial charge in [-0.2, -0.15) is 0 Å². The number of hydrogen-bond donors (Lipinski definition) is 0. The second-order valence-electron chi connectivity index (χ2n) is 6.26. The standard InChI is InChI=1S/C19H26O6/c1-12-6-5-7-14(22-2)10-16(20)19-13(9-18(21)25-12)8-15(23-3)11-17(19)24-4/h8,11-12,14H,5-7,9-10H2,1-4H3/t12-,14+/m0/s1. The zero-order valence-electron chi connectivity index (χ0n) is 15.3. The van der Waals surface area contributed by atoms with Gasteiger partial charge in [0.15, 0.2) is 5.78 Å². The minimum Gasteiger partial charge on any atom is -0.497 e. The number of ketones is 1. The van der Waals surface area contributed by atoms with Crippen molar-refractivity contribution in [1.82, 2.24) is 0 Å². The first-order valence-electron chi connectivity index (χ1n) is 8.48. The van der Waals surface area contributed by atoms with Crippen molar-refractivity contribution in [3.63, 3.8) is 0 Å². The van der Waals surface area contributed by atoms with Crippen LogP contribution in [-0.4, -0.2) is 45.3 Å². The summed E-state index contributed by atoms with van der Waals surface area (Å²) in [6.45, 7) is 1.88. The summed E-state index contributed by atoms with van der Waals surface area (Å²) >= 11 is 0. The van der Waals surface area contributed by atoms with Crippen LogP contribution in [0.5, 0.6) is 11.5 Å². The highest BCUT2D eigenvalue weighted by Crippen LogP contribution is 2.31. The fourth-order valence-corrected chi connectivity index (χ4v) is 3.11. The maximum absolute atomic E-state index is 12.9. The Hall–Kier alpha value is -2.08. The second kappa shape index (κ2) is 8.85. The number of carbonyl (C=O) groups is 2. The molecule has 1 aliphatic rings. The molecule has 1 aromatic rings. The maximum atomic E-state index is 12.9. The molecule has 1 aromatic carbocycles. The Bertz CT molecular complexity index is 625. The molecule has 0 unspecified atom stereocenters. The Balaban J connectivity index is 2.47. The van der Waals surface area contributed by atoms with Gasteiger partial charge in [-0.15, -0.1) is 0 Å². The van der Waals surface area contributed by atoms with Crippen molar-refractivity contribution in [2.24, 2.45) is 0 Å². The van der Waals surface area contributed by atoms with Crippen LogP contribution >= 0.6 is 0 Å². The zero-order valence-corrected chi connectivity index (χ0v) is 15.3. The highest BCUT2D eigenvalue weighted by atomic mass is 16.5. The van der Waals surface area contributed by atoms with Gasteiger partial charge in [0.2, 0.25) is 0 Å². The number of fused-ring (bicyclic) bond motifs is 1. The number of ether oxygens (including phenoxy) is 4. The van der Waals surface area contributed by atoms with Gasteiger partial charge in [-0.1, -0.05) is 0 Å². The van der Waals surface area contributed by atoms with Crippen molar-refractivity contribution in [3.8, 4) is 11.5 Å². The van der Waals surface area contributed by atoms with Gasteiger partial charge in [-0.25, -0.2) is 0 Å². The first-order valence-corrected chi connectivity index (χ1v) is 8.48. The molecule has 0 radical (unpaired) electrons. The summed E-state index contributed by atoms with van der Waals surface area (Å²) in [6.07, 6.45) is 2.20. The van der Waals surface area contributed by atoms with Crippen LogP contribution < -0.4 is 9.47 Å². The van der Waals surface area contributed by atoms with Gasteiger partial charge in [-0.3, -0.25) is 9.59 Å². The molecule has 2 rings (SSSR count). The van der Waals surface area contributed by atoms with E-state index in [1.165, 1.54) is 14.2 Å². The summed E-state index contributed by atoms with van der Waals surface area (Å²) in [7, 11) is 4.63. The van der Waals surface area contributed by atoms with Crippen LogP contribution in [0.15, 0.2) is 12.1 Å². The van der Waals surface area contributed by atoms with E-state index in [-0.39, 0.29) is 36.8 Å². The number of esters is 1. The van der Waals surface area contributed by atoms with E-state index in [1.807, 2.05) is 6.92 Å². The summed E-state index contributed by atoms with van der Waals surface area (Å²) in [6, 6.07) is 3.34. The lowest BCUT2D eigenvalue weighted by atomic mass is 9.94. The molecule has 0 spiro atoms. The molecule has 1 heterocycles. The highest BCUT2D eigenvalue weighted by molar-refractivity contribution is 6.01. The predicted octanol–water partition coefficient (Wildman–Crippen LogP) is 2.95. The topological polar surface area (TPSA) is 71.1 Å². The lowest BCUT2D eigenvalue weighted by Crippen LogP contribution is -2.23. The Labute approximate surface area is 148 Å². The zero-order chi connectivity index (χ0) is 18.4. The molecule has 0 saturated heterocycles. The fraction of sp³-hybridized carbons (Fsp3) is 0.579. The normalized spacial score (nSPS) is 22.2. The van der Waals surface area contributed by atoms with E-state index in [9.17, 15) is 9.59 Å². The van der Waals surface area contributed by atoms with Gasteiger partial charge in [0.05, 0.1) is 38.4 Å².